The van der Waals surface area contributed by atoms with Gasteiger partial charge in [0.2, 0.25) is 0 Å². The molecule has 1 aliphatic rings. The van der Waals surface area contributed by atoms with Crippen LogP contribution < -0.4 is 10.6 Å². The monoisotopic (exact) mass is 295 g/mol. The van der Waals surface area contributed by atoms with Gasteiger partial charge in [0, 0.05) is 25.3 Å². The number of cyclic esters (lactones) is 1. The summed E-state index contributed by atoms with van der Waals surface area (Å²) in [6.45, 7) is 3.51. The molecule has 0 saturated carbocycles. The van der Waals surface area contributed by atoms with Gasteiger partial charge in [0.05, 0.1) is 6.61 Å². The standard InChI is InChI=1S/C14H18FN3O3/c1-10-7-11(15)9-12(8-10)17-13(19)16-3-5-18-4-2-6-21-14(18)20/h7-9H,2-6H2,1H3,(H2,16,17,19). The van der Waals surface area contributed by atoms with E-state index in [9.17, 15) is 14.0 Å². The number of halogens is 1. The summed E-state index contributed by atoms with van der Waals surface area (Å²) in [5, 5.41) is 5.16. The Morgan fingerprint density at radius 3 is 2.95 bits per heavy atom. The summed E-state index contributed by atoms with van der Waals surface area (Å²) in [4.78, 5) is 24.6. The number of hydrogen-bond acceptors (Lipinski definition) is 3. The predicted octanol–water partition coefficient (Wildman–Crippen LogP) is 2.10. The summed E-state index contributed by atoms with van der Waals surface area (Å²) in [5.74, 6) is -0.402. The van der Waals surface area contributed by atoms with Crippen LogP contribution in [-0.4, -0.2) is 43.3 Å². The maximum Gasteiger partial charge on any atom is 0.409 e. The molecule has 1 aliphatic heterocycles. The minimum Gasteiger partial charge on any atom is -0.449 e. The number of hydrogen-bond donors (Lipinski definition) is 2. The third-order valence-electron chi connectivity index (χ3n) is 3.02. The maximum atomic E-state index is 13.2. The fraction of sp³-hybridized carbons (Fsp3) is 0.429. The first-order valence-electron chi connectivity index (χ1n) is 6.78. The zero-order valence-electron chi connectivity index (χ0n) is 11.8. The zero-order valence-corrected chi connectivity index (χ0v) is 11.8. The van der Waals surface area contributed by atoms with Crippen LogP contribution in [0.4, 0.5) is 19.7 Å². The lowest BCUT2D eigenvalue weighted by Crippen LogP contribution is -2.43. The molecule has 2 rings (SSSR count). The van der Waals surface area contributed by atoms with Crippen molar-refractivity contribution in [2.24, 2.45) is 0 Å². The van der Waals surface area contributed by atoms with Crippen molar-refractivity contribution in [3.8, 4) is 0 Å². The second-order valence-corrected chi connectivity index (χ2v) is 4.85. The molecule has 0 unspecified atom stereocenters. The number of rotatable bonds is 4. The van der Waals surface area contributed by atoms with Gasteiger partial charge in [0.25, 0.3) is 0 Å². The van der Waals surface area contributed by atoms with E-state index in [4.69, 9.17) is 4.74 Å². The van der Waals surface area contributed by atoms with Crippen LogP contribution in [0.25, 0.3) is 0 Å². The van der Waals surface area contributed by atoms with Gasteiger partial charge in [-0.1, -0.05) is 0 Å². The molecule has 1 aromatic rings. The van der Waals surface area contributed by atoms with Crippen molar-refractivity contribution in [1.29, 1.82) is 0 Å². The number of nitrogens with one attached hydrogen (secondary N) is 2. The molecule has 3 amide bonds. The van der Waals surface area contributed by atoms with Gasteiger partial charge >= 0.3 is 12.1 Å². The van der Waals surface area contributed by atoms with Crippen molar-refractivity contribution < 1.29 is 18.7 Å². The molecule has 2 N–H and O–H groups in total. The molecule has 1 aromatic carbocycles. The highest BCUT2D eigenvalue weighted by Gasteiger charge is 2.18. The molecule has 0 aliphatic carbocycles. The molecule has 1 saturated heterocycles. The van der Waals surface area contributed by atoms with Gasteiger partial charge in [-0.25, -0.2) is 14.0 Å². The van der Waals surface area contributed by atoms with Crippen LogP contribution >= 0.6 is 0 Å². The smallest absolute Gasteiger partial charge is 0.409 e. The normalized spacial score (nSPS) is 14.6. The Kier molecular flexibility index (Phi) is 4.97. The highest BCUT2D eigenvalue weighted by atomic mass is 19.1. The van der Waals surface area contributed by atoms with Gasteiger partial charge in [-0.15, -0.1) is 0 Å². The highest BCUT2D eigenvalue weighted by molar-refractivity contribution is 5.89. The van der Waals surface area contributed by atoms with Crippen LogP contribution in [0.1, 0.15) is 12.0 Å². The average molecular weight is 295 g/mol. The van der Waals surface area contributed by atoms with E-state index in [1.54, 1.807) is 13.0 Å². The van der Waals surface area contributed by atoms with E-state index in [2.05, 4.69) is 10.6 Å². The molecule has 7 heteroatoms. The number of aryl methyl sites for hydroxylation is 1. The first-order valence-corrected chi connectivity index (χ1v) is 6.78. The fourth-order valence-corrected chi connectivity index (χ4v) is 2.09. The lowest BCUT2D eigenvalue weighted by molar-refractivity contribution is 0.0736. The lowest BCUT2D eigenvalue weighted by atomic mass is 10.2. The number of benzene rings is 1. The van der Waals surface area contributed by atoms with Crippen molar-refractivity contribution in [3.05, 3.63) is 29.6 Å². The van der Waals surface area contributed by atoms with Crippen LogP contribution in [0, 0.1) is 12.7 Å². The summed E-state index contributed by atoms with van der Waals surface area (Å²) in [6, 6.07) is 3.86. The molecule has 0 aromatic heterocycles. The zero-order chi connectivity index (χ0) is 15.2. The Balaban J connectivity index is 1.75. The van der Waals surface area contributed by atoms with E-state index in [0.717, 1.165) is 12.0 Å². The van der Waals surface area contributed by atoms with Gasteiger partial charge in [-0.2, -0.15) is 0 Å². The number of carbonyl (C=O) groups excluding carboxylic acids is 2. The summed E-state index contributed by atoms with van der Waals surface area (Å²) >= 11 is 0. The Hall–Kier alpha value is -2.31. The highest BCUT2D eigenvalue weighted by Crippen LogP contribution is 2.12. The van der Waals surface area contributed by atoms with Crippen molar-refractivity contribution in [2.75, 3.05) is 31.6 Å². The van der Waals surface area contributed by atoms with Crippen molar-refractivity contribution in [2.45, 2.75) is 13.3 Å². The summed E-state index contributed by atoms with van der Waals surface area (Å²) in [7, 11) is 0. The number of amides is 3. The molecular formula is C14H18FN3O3. The molecule has 114 valence electrons. The van der Waals surface area contributed by atoms with E-state index < -0.39 is 11.8 Å². The SMILES string of the molecule is Cc1cc(F)cc(NC(=O)NCCN2CCCOC2=O)c1. The van der Waals surface area contributed by atoms with Gasteiger partial charge in [0.1, 0.15) is 5.82 Å². The quantitative estimate of drug-likeness (QED) is 0.893. The van der Waals surface area contributed by atoms with E-state index >= 15 is 0 Å². The lowest BCUT2D eigenvalue weighted by Gasteiger charge is -2.26. The maximum absolute atomic E-state index is 13.2. The summed E-state index contributed by atoms with van der Waals surface area (Å²) in [6.07, 6.45) is 0.435. The number of nitrogens with zero attached hydrogens (tertiary/aromatic N) is 1. The minimum atomic E-state index is -0.439. The Bertz CT molecular complexity index is 516. The molecule has 21 heavy (non-hydrogen) atoms. The Morgan fingerprint density at radius 2 is 2.24 bits per heavy atom. The molecule has 6 nitrogen and oxygen atoms in total. The van der Waals surface area contributed by atoms with E-state index in [1.165, 1.54) is 17.0 Å². The van der Waals surface area contributed by atoms with Crippen molar-refractivity contribution >= 4 is 17.8 Å². The molecule has 1 heterocycles. The molecule has 0 radical (unpaired) electrons. The molecule has 0 atom stereocenters. The van der Waals surface area contributed by atoms with Crippen molar-refractivity contribution in [3.63, 3.8) is 0 Å². The van der Waals surface area contributed by atoms with Crippen LogP contribution in [0.2, 0.25) is 0 Å². The molecule has 0 spiro atoms. The fourth-order valence-electron chi connectivity index (χ4n) is 2.09. The summed E-state index contributed by atoms with van der Waals surface area (Å²) < 4.78 is 18.1. The third kappa shape index (κ3) is 4.62. The van der Waals surface area contributed by atoms with Crippen molar-refractivity contribution in [1.82, 2.24) is 10.2 Å². The Labute approximate surface area is 122 Å². The van der Waals surface area contributed by atoms with Crippen LogP contribution in [0.15, 0.2) is 18.2 Å². The van der Waals surface area contributed by atoms with E-state index in [-0.39, 0.29) is 6.09 Å². The largest absolute Gasteiger partial charge is 0.449 e. The molecule has 1 fully saturated rings. The second-order valence-electron chi connectivity index (χ2n) is 4.85. The predicted molar refractivity (Wildman–Crippen MR) is 75.7 cm³/mol. The van der Waals surface area contributed by atoms with Crippen LogP contribution in [-0.2, 0) is 4.74 Å². The average Bonchev–Trinajstić information content (AvgIpc) is 2.39. The van der Waals surface area contributed by atoms with E-state index in [1.807, 2.05) is 0 Å². The Morgan fingerprint density at radius 1 is 1.43 bits per heavy atom. The number of carbonyl (C=O) groups is 2. The molecule has 0 bridgehead atoms. The van der Waals surface area contributed by atoms with Gasteiger partial charge in [-0.3, -0.25) is 0 Å². The number of urea groups is 1. The van der Waals surface area contributed by atoms with Gasteiger partial charge in [-0.05, 0) is 37.1 Å². The number of anilines is 1. The third-order valence-corrected chi connectivity index (χ3v) is 3.02. The van der Waals surface area contributed by atoms with Crippen LogP contribution in [0.3, 0.4) is 0 Å². The van der Waals surface area contributed by atoms with Gasteiger partial charge < -0.3 is 20.3 Å². The summed E-state index contributed by atoms with van der Waals surface area (Å²) in [5.41, 5.74) is 1.11. The van der Waals surface area contributed by atoms with E-state index in [0.29, 0.717) is 31.9 Å². The number of ether oxygens (including phenoxy) is 1. The molecular weight excluding hydrogens is 277 g/mol. The van der Waals surface area contributed by atoms with Gasteiger partial charge in [0.15, 0.2) is 0 Å². The van der Waals surface area contributed by atoms with Crippen LogP contribution in [0.5, 0.6) is 0 Å². The topological polar surface area (TPSA) is 70.7 Å². The first-order chi connectivity index (χ1) is 10.0. The minimum absolute atomic E-state index is 0.301. The second kappa shape index (κ2) is 6.92. The first kappa shape index (κ1) is 15.1.